The van der Waals surface area contributed by atoms with E-state index in [0.29, 0.717) is 6.61 Å². The van der Waals surface area contributed by atoms with Crippen molar-refractivity contribution >= 4 is 5.96 Å². The number of hydrogen-bond donors (Lipinski definition) is 1. The quantitative estimate of drug-likeness (QED) is 0.409. The van der Waals surface area contributed by atoms with Crippen LogP contribution >= 0.6 is 0 Å². The second-order valence-electron chi connectivity index (χ2n) is 5.11. The normalized spacial score (nSPS) is 11.3. The molecule has 1 N–H and O–H groups in total. The van der Waals surface area contributed by atoms with Crippen LogP contribution in [0.25, 0.3) is 0 Å². The van der Waals surface area contributed by atoms with Gasteiger partial charge >= 0.3 is 0 Å². The van der Waals surface area contributed by atoms with Gasteiger partial charge in [-0.2, -0.15) is 0 Å². The second kappa shape index (κ2) is 11.9. The fraction of sp³-hybridized carbons (Fsp3) is 0.588. The van der Waals surface area contributed by atoms with Crippen molar-refractivity contribution in [3.05, 3.63) is 30.3 Å². The van der Waals surface area contributed by atoms with Gasteiger partial charge in [0.15, 0.2) is 5.96 Å². The van der Waals surface area contributed by atoms with Gasteiger partial charge in [-0.15, -0.1) is 0 Å². The molecule has 0 saturated carbocycles. The van der Waals surface area contributed by atoms with Gasteiger partial charge in [0, 0.05) is 34.4 Å². The zero-order valence-corrected chi connectivity index (χ0v) is 14.0. The monoisotopic (exact) mass is 307 g/mol. The van der Waals surface area contributed by atoms with E-state index in [0.717, 1.165) is 44.2 Å². The zero-order chi connectivity index (χ0) is 16.0. The Morgan fingerprint density at radius 1 is 1.14 bits per heavy atom. The van der Waals surface area contributed by atoms with E-state index in [1.165, 1.54) is 6.42 Å². The maximum absolute atomic E-state index is 5.70. The first-order chi connectivity index (χ1) is 10.8. The highest BCUT2D eigenvalue weighted by Gasteiger charge is 2.05. The standard InChI is InChI=1S/C17H29N3O2/c1-18-17(19-12-8-5-9-14-21-3)20(2)13-15-22-16-10-6-4-7-11-16/h4,6-7,10-11H,5,8-9,12-15H2,1-3H3,(H,18,19). The average molecular weight is 307 g/mol. The molecule has 0 saturated heterocycles. The number of nitrogens with one attached hydrogen (secondary N) is 1. The summed E-state index contributed by atoms with van der Waals surface area (Å²) in [4.78, 5) is 6.38. The highest BCUT2D eigenvalue weighted by atomic mass is 16.5. The van der Waals surface area contributed by atoms with Crippen LogP contribution in [0, 0.1) is 0 Å². The molecule has 0 heterocycles. The molecule has 1 aromatic rings. The van der Waals surface area contributed by atoms with Crippen LogP contribution in [0.5, 0.6) is 5.75 Å². The number of nitrogens with zero attached hydrogens (tertiary/aromatic N) is 2. The number of benzene rings is 1. The molecule has 0 spiro atoms. The fourth-order valence-corrected chi connectivity index (χ4v) is 2.06. The van der Waals surface area contributed by atoms with E-state index in [2.05, 4.69) is 15.2 Å². The molecule has 124 valence electrons. The van der Waals surface area contributed by atoms with Gasteiger partial charge in [0.05, 0.1) is 6.54 Å². The number of ether oxygens (including phenoxy) is 2. The Balaban J connectivity index is 2.16. The molecule has 0 fully saturated rings. The fourth-order valence-electron chi connectivity index (χ4n) is 2.06. The molecule has 1 rings (SSSR count). The van der Waals surface area contributed by atoms with Crippen molar-refractivity contribution in [2.75, 3.05) is 47.5 Å². The summed E-state index contributed by atoms with van der Waals surface area (Å²) in [6.45, 7) is 3.19. The van der Waals surface area contributed by atoms with Crippen LogP contribution in [-0.2, 0) is 4.74 Å². The summed E-state index contributed by atoms with van der Waals surface area (Å²) in [5.74, 6) is 1.81. The lowest BCUT2D eigenvalue weighted by Crippen LogP contribution is -2.41. The van der Waals surface area contributed by atoms with Crippen molar-refractivity contribution < 1.29 is 9.47 Å². The number of hydrogen-bond acceptors (Lipinski definition) is 3. The lowest BCUT2D eigenvalue weighted by molar-refractivity contribution is 0.192. The van der Waals surface area contributed by atoms with E-state index in [4.69, 9.17) is 9.47 Å². The van der Waals surface area contributed by atoms with Crippen LogP contribution in [0.4, 0.5) is 0 Å². The van der Waals surface area contributed by atoms with Crippen LogP contribution in [-0.4, -0.2) is 58.4 Å². The van der Waals surface area contributed by atoms with Crippen molar-refractivity contribution in [1.82, 2.24) is 10.2 Å². The molecule has 0 radical (unpaired) electrons. The van der Waals surface area contributed by atoms with Gasteiger partial charge < -0.3 is 19.7 Å². The van der Waals surface area contributed by atoms with Crippen molar-refractivity contribution in [1.29, 1.82) is 0 Å². The average Bonchev–Trinajstić information content (AvgIpc) is 2.55. The van der Waals surface area contributed by atoms with Crippen molar-refractivity contribution in [2.24, 2.45) is 4.99 Å². The van der Waals surface area contributed by atoms with Crippen LogP contribution in [0.1, 0.15) is 19.3 Å². The molecule has 0 aromatic heterocycles. The third-order valence-corrected chi connectivity index (χ3v) is 3.32. The molecular weight excluding hydrogens is 278 g/mol. The largest absolute Gasteiger partial charge is 0.492 e. The number of guanidine groups is 1. The lowest BCUT2D eigenvalue weighted by Gasteiger charge is -2.22. The molecule has 1 aromatic carbocycles. The zero-order valence-electron chi connectivity index (χ0n) is 14.0. The number of likely N-dealkylation sites (N-methyl/N-ethyl adjacent to an activating group) is 1. The van der Waals surface area contributed by atoms with E-state index >= 15 is 0 Å². The van der Waals surface area contributed by atoms with Crippen LogP contribution in [0.15, 0.2) is 35.3 Å². The maximum Gasteiger partial charge on any atom is 0.193 e. The molecule has 0 aliphatic carbocycles. The number of para-hydroxylation sites is 1. The molecule has 5 heteroatoms. The van der Waals surface area contributed by atoms with E-state index in [1.54, 1.807) is 7.11 Å². The Labute approximate surface area is 134 Å². The number of methoxy groups -OCH3 is 1. The van der Waals surface area contributed by atoms with Gasteiger partial charge in [-0.05, 0) is 31.4 Å². The van der Waals surface area contributed by atoms with E-state index < -0.39 is 0 Å². The Kier molecular flexibility index (Phi) is 9.87. The Hall–Kier alpha value is -1.75. The van der Waals surface area contributed by atoms with Crippen molar-refractivity contribution in [2.45, 2.75) is 19.3 Å². The number of aliphatic imine (C=N–C) groups is 1. The Bertz CT molecular complexity index is 410. The minimum atomic E-state index is 0.634. The molecule has 0 atom stereocenters. The van der Waals surface area contributed by atoms with Crippen LogP contribution in [0.2, 0.25) is 0 Å². The molecule has 22 heavy (non-hydrogen) atoms. The first kappa shape index (κ1) is 18.3. The SMILES string of the molecule is CN=C(NCCCCCOC)N(C)CCOc1ccccc1. The summed E-state index contributed by atoms with van der Waals surface area (Å²) in [6.07, 6.45) is 3.40. The molecule has 5 nitrogen and oxygen atoms in total. The molecular formula is C17H29N3O2. The molecule has 0 aliphatic heterocycles. The third-order valence-electron chi connectivity index (χ3n) is 3.32. The van der Waals surface area contributed by atoms with Gasteiger partial charge in [-0.25, -0.2) is 0 Å². The molecule has 0 amide bonds. The molecule has 0 bridgehead atoms. The predicted molar refractivity (Wildman–Crippen MR) is 91.7 cm³/mol. The van der Waals surface area contributed by atoms with E-state index in [1.807, 2.05) is 44.4 Å². The van der Waals surface area contributed by atoms with Gasteiger partial charge in [-0.1, -0.05) is 18.2 Å². The number of unbranched alkanes of at least 4 members (excludes halogenated alkanes) is 2. The third kappa shape index (κ3) is 7.88. The van der Waals surface area contributed by atoms with Crippen LogP contribution in [0.3, 0.4) is 0 Å². The van der Waals surface area contributed by atoms with Gasteiger partial charge in [0.2, 0.25) is 0 Å². The summed E-state index contributed by atoms with van der Waals surface area (Å²) < 4.78 is 10.7. The first-order valence-electron chi connectivity index (χ1n) is 7.86. The van der Waals surface area contributed by atoms with Gasteiger partial charge in [0.25, 0.3) is 0 Å². The molecule has 0 aliphatic rings. The van der Waals surface area contributed by atoms with Crippen LogP contribution < -0.4 is 10.1 Å². The first-order valence-corrected chi connectivity index (χ1v) is 7.86. The minimum Gasteiger partial charge on any atom is -0.492 e. The summed E-state index contributed by atoms with van der Waals surface area (Å²) in [7, 11) is 5.57. The topological polar surface area (TPSA) is 46.1 Å². The van der Waals surface area contributed by atoms with E-state index in [-0.39, 0.29) is 0 Å². The number of rotatable bonds is 10. The summed E-state index contributed by atoms with van der Waals surface area (Å²) >= 11 is 0. The Morgan fingerprint density at radius 2 is 1.91 bits per heavy atom. The van der Waals surface area contributed by atoms with Crippen molar-refractivity contribution in [3.8, 4) is 5.75 Å². The lowest BCUT2D eigenvalue weighted by atomic mass is 10.2. The molecule has 0 unspecified atom stereocenters. The highest BCUT2D eigenvalue weighted by Crippen LogP contribution is 2.07. The minimum absolute atomic E-state index is 0.634. The van der Waals surface area contributed by atoms with Crippen molar-refractivity contribution in [3.63, 3.8) is 0 Å². The summed E-state index contributed by atoms with van der Waals surface area (Å²) in [5.41, 5.74) is 0. The predicted octanol–water partition coefficient (Wildman–Crippen LogP) is 2.39. The summed E-state index contributed by atoms with van der Waals surface area (Å²) in [5, 5.41) is 3.37. The van der Waals surface area contributed by atoms with Gasteiger partial charge in [-0.3, -0.25) is 4.99 Å². The smallest absolute Gasteiger partial charge is 0.193 e. The van der Waals surface area contributed by atoms with E-state index in [9.17, 15) is 0 Å². The van der Waals surface area contributed by atoms with Gasteiger partial charge in [0.1, 0.15) is 12.4 Å². The second-order valence-corrected chi connectivity index (χ2v) is 5.11. The summed E-state index contributed by atoms with van der Waals surface area (Å²) in [6, 6.07) is 9.86. The Morgan fingerprint density at radius 3 is 2.59 bits per heavy atom. The maximum atomic E-state index is 5.70. The highest BCUT2D eigenvalue weighted by molar-refractivity contribution is 5.79.